The third-order valence-corrected chi connectivity index (χ3v) is 3.14. The first kappa shape index (κ1) is 16.6. The van der Waals surface area contributed by atoms with Crippen LogP contribution in [0.5, 0.6) is 0 Å². The molecule has 0 aromatic heterocycles. The standard InChI is InChI=1S/C11H24NO4P/c1-4-15-17(13,14)16-10-8-6-5-7-9-12-11(2)3/h12H,2,4-10H2,1,3H3,(H,13,14). The highest BCUT2D eigenvalue weighted by molar-refractivity contribution is 7.47. The molecule has 6 heteroatoms. The van der Waals surface area contributed by atoms with Crippen molar-refractivity contribution in [2.45, 2.75) is 39.5 Å². The maximum absolute atomic E-state index is 11.1. The number of hydrogen-bond donors (Lipinski definition) is 2. The molecule has 0 aliphatic heterocycles. The Bertz CT molecular complexity index is 258. The molecule has 0 aromatic rings. The van der Waals surface area contributed by atoms with Gasteiger partial charge in [0.2, 0.25) is 0 Å². The molecule has 0 spiro atoms. The van der Waals surface area contributed by atoms with E-state index in [2.05, 4.69) is 16.4 Å². The molecule has 17 heavy (non-hydrogen) atoms. The quantitative estimate of drug-likeness (QED) is 0.444. The van der Waals surface area contributed by atoms with E-state index in [0.29, 0.717) is 0 Å². The van der Waals surface area contributed by atoms with Crippen molar-refractivity contribution in [1.82, 2.24) is 5.32 Å². The minimum absolute atomic E-state index is 0.181. The Labute approximate surface area is 104 Å². The molecule has 5 nitrogen and oxygen atoms in total. The first-order valence-corrected chi connectivity index (χ1v) is 7.48. The summed E-state index contributed by atoms with van der Waals surface area (Å²) in [6.07, 6.45) is 3.87. The Hall–Kier alpha value is -0.350. The van der Waals surface area contributed by atoms with Crippen LogP contribution in [0.15, 0.2) is 12.3 Å². The zero-order valence-corrected chi connectivity index (χ0v) is 11.7. The Morgan fingerprint density at radius 1 is 1.29 bits per heavy atom. The Morgan fingerprint density at radius 3 is 2.53 bits per heavy atom. The van der Waals surface area contributed by atoms with E-state index in [4.69, 9.17) is 9.42 Å². The molecule has 0 radical (unpaired) electrons. The summed E-state index contributed by atoms with van der Waals surface area (Å²) in [7, 11) is -3.79. The van der Waals surface area contributed by atoms with Gasteiger partial charge in [-0.1, -0.05) is 19.4 Å². The summed E-state index contributed by atoms with van der Waals surface area (Å²) in [6.45, 7) is 8.70. The lowest BCUT2D eigenvalue weighted by molar-refractivity contribution is 0.153. The SMILES string of the molecule is C=C(C)NCCCCCCOP(=O)(O)OCC. The maximum atomic E-state index is 11.1. The summed E-state index contributed by atoms with van der Waals surface area (Å²) in [5, 5.41) is 3.15. The molecular formula is C11H24NO4P. The van der Waals surface area contributed by atoms with Crippen LogP contribution in [0.3, 0.4) is 0 Å². The van der Waals surface area contributed by atoms with E-state index in [1.165, 1.54) is 0 Å². The van der Waals surface area contributed by atoms with E-state index in [0.717, 1.165) is 37.9 Å². The molecule has 1 unspecified atom stereocenters. The first-order valence-electron chi connectivity index (χ1n) is 5.99. The zero-order chi connectivity index (χ0) is 13.1. The molecule has 0 fully saturated rings. The van der Waals surface area contributed by atoms with E-state index in [1.54, 1.807) is 6.92 Å². The van der Waals surface area contributed by atoms with Gasteiger partial charge in [0.05, 0.1) is 13.2 Å². The molecule has 0 bridgehead atoms. The minimum Gasteiger partial charge on any atom is -0.389 e. The van der Waals surface area contributed by atoms with Crippen molar-refractivity contribution in [2.24, 2.45) is 0 Å². The van der Waals surface area contributed by atoms with Crippen LogP contribution >= 0.6 is 7.82 Å². The van der Waals surface area contributed by atoms with Crippen LogP contribution in [0.25, 0.3) is 0 Å². The third kappa shape index (κ3) is 11.9. The zero-order valence-electron chi connectivity index (χ0n) is 10.8. The van der Waals surface area contributed by atoms with E-state index in [1.807, 2.05) is 6.92 Å². The molecule has 0 aliphatic carbocycles. The first-order chi connectivity index (χ1) is 7.98. The highest BCUT2D eigenvalue weighted by atomic mass is 31.2. The average molecular weight is 265 g/mol. The molecule has 1 atom stereocenters. The van der Waals surface area contributed by atoms with Gasteiger partial charge in [0.15, 0.2) is 0 Å². The Balaban J connectivity index is 3.29. The van der Waals surface area contributed by atoms with Gasteiger partial charge in [0.1, 0.15) is 0 Å². The smallest absolute Gasteiger partial charge is 0.389 e. The van der Waals surface area contributed by atoms with Gasteiger partial charge >= 0.3 is 7.82 Å². The van der Waals surface area contributed by atoms with Crippen molar-refractivity contribution in [1.29, 1.82) is 0 Å². The van der Waals surface area contributed by atoms with Gasteiger partial charge in [0.25, 0.3) is 0 Å². The summed E-state index contributed by atoms with van der Waals surface area (Å²) < 4.78 is 20.5. The van der Waals surface area contributed by atoms with E-state index in [-0.39, 0.29) is 13.2 Å². The molecule has 0 amide bonds. The fourth-order valence-electron chi connectivity index (χ4n) is 1.26. The van der Waals surface area contributed by atoms with Gasteiger partial charge in [-0.15, -0.1) is 0 Å². The van der Waals surface area contributed by atoms with Crippen LogP contribution in [-0.4, -0.2) is 24.7 Å². The van der Waals surface area contributed by atoms with Crippen LogP contribution < -0.4 is 5.32 Å². The molecular weight excluding hydrogens is 241 g/mol. The minimum atomic E-state index is -3.79. The van der Waals surface area contributed by atoms with Crippen LogP contribution in [0.4, 0.5) is 0 Å². The predicted molar refractivity (Wildman–Crippen MR) is 68.7 cm³/mol. The average Bonchev–Trinajstić information content (AvgIpc) is 2.21. The van der Waals surface area contributed by atoms with Crippen LogP contribution in [0.1, 0.15) is 39.5 Å². The van der Waals surface area contributed by atoms with Crippen molar-refractivity contribution in [3.8, 4) is 0 Å². The number of phosphoric ester groups is 1. The Morgan fingerprint density at radius 2 is 1.94 bits per heavy atom. The molecule has 102 valence electrons. The lowest BCUT2D eigenvalue weighted by Crippen LogP contribution is -2.11. The normalized spacial score (nSPS) is 14.3. The van der Waals surface area contributed by atoms with Gasteiger partial charge in [-0.3, -0.25) is 9.05 Å². The Kier molecular flexibility index (Phi) is 9.46. The second kappa shape index (κ2) is 9.66. The number of rotatable bonds is 11. The van der Waals surface area contributed by atoms with Crippen molar-refractivity contribution >= 4 is 7.82 Å². The monoisotopic (exact) mass is 265 g/mol. The molecule has 0 heterocycles. The lowest BCUT2D eigenvalue weighted by Gasteiger charge is -2.10. The van der Waals surface area contributed by atoms with E-state index < -0.39 is 7.82 Å². The van der Waals surface area contributed by atoms with Crippen molar-refractivity contribution in [3.63, 3.8) is 0 Å². The summed E-state index contributed by atoms with van der Waals surface area (Å²) in [6, 6.07) is 0. The van der Waals surface area contributed by atoms with E-state index in [9.17, 15) is 4.57 Å². The molecule has 0 saturated heterocycles. The molecule has 2 N–H and O–H groups in total. The van der Waals surface area contributed by atoms with Crippen molar-refractivity contribution in [3.05, 3.63) is 12.3 Å². The number of unbranched alkanes of at least 4 members (excludes halogenated alkanes) is 3. The highest BCUT2D eigenvalue weighted by Gasteiger charge is 2.18. The lowest BCUT2D eigenvalue weighted by atomic mass is 10.2. The third-order valence-electron chi connectivity index (χ3n) is 2.04. The topological polar surface area (TPSA) is 67.8 Å². The predicted octanol–water partition coefficient (Wildman–Crippen LogP) is 2.82. The maximum Gasteiger partial charge on any atom is 0.472 e. The van der Waals surface area contributed by atoms with Crippen molar-refractivity contribution < 1.29 is 18.5 Å². The molecule has 0 saturated carbocycles. The van der Waals surface area contributed by atoms with Gasteiger partial charge in [-0.05, 0) is 26.7 Å². The second-order valence-corrected chi connectivity index (χ2v) is 5.29. The summed E-state index contributed by atoms with van der Waals surface area (Å²) in [5.74, 6) is 0. The summed E-state index contributed by atoms with van der Waals surface area (Å²) in [5.41, 5.74) is 0.978. The fourth-order valence-corrected chi connectivity index (χ4v) is 2.02. The largest absolute Gasteiger partial charge is 0.472 e. The van der Waals surface area contributed by atoms with Crippen molar-refractivity contribution in [2.75, 3.05) is 19.8 Å². The molecule has 0 aromatic carbocycles. The molecule has 0 aliphatic rings. The van der Waals surface area contributed by atoms with E-state index >= 15 is 0 Å². The van der Waals surface area contributed by atoms with Gasteiger partial charge in [-0.25, -0.2) is 4.57 Å². The number of phosphoric acid groups is 1. The number of hydrogen-bond acceptors (Lipinski definition) is 4. The summed E-state index contributed by atoms with van der Waals surface area (Å²) >= 11 is 0. The van der Waals surface area contributed by atoms with Gasteiger partial charge in [-0.2, -0.15) is 0 Å². The van der Waals surface area contributed by atoms with Gasteiger partial charge in [0, 0.05) is 12.2 Å². The molecule has 0 rings (SSSR count). The van der Waals surface area contributed by atoms with Crippen LogP contribution in [0.2, 0.25) is 0 Å². The fraction of sp³-hybridized carbons (Fsp3) is 0.818. The van der Waals surface area contributed by atoms with Crippen LogP contribution in [0, 0.1) is 0 Å². The van der Waals surface area contributed by atoms with Crippen LogP contribution in [-0.2, 0) is 13.6 Å². The van der Waals surface area contributed by atoms with Gasteiger partial charge < -0.3 is 10.2 Å². The summed E-state index contributed by atoms with van der Waals surface area (Å²) in [4.78, 5) is 9.11. The second-order valence-electron chi connectivity index (χ2n) is 3.84. The number of nitrogens with one attached hydrogen (secondary N) is 1. The number of allylic oxidation sites excluding steroid dienone is 1. The highest BCUT2D eigenvalue weighted by Crippen LogP contribution is 2.42.